The standard InChI is InChI=1S/C21H22N2O4S/c1-4-26-19(24)16-17-14-11-8-12-15(25-3)18(14)27-21(16,2)23(20(28)22-17)13-9-6-5-7-10-13/h5-12,16-17H,4H2,1-3H3,(H,22,28)/t16-,17+,21-/m0/s1. The lowest BCUT2D eigenvalue weighted by Gasteiger charge is -2.55. The third-order valence-electron chi connectivity index (χ3n) is 5.26. The van der Waals surface area contributed by atoms with Crippen LogP contribution in [0.1, 0.15) is 25.5 Å². The number of ether oxygens (including phenoxy) is 3. The van der Waals surface area contributed by atoms with Crippen molar-refractivity contribution in [3.63, 3.8) is 0 Å². The van der Waals surface area contributed by atoms with Gasteiger partial charge in [-0.25, -0.2) is 0 Å². The minimum atomic E-state index is -1.08. The van der Waals surface area contributed by atoms with Crippen LogP contribution in [0.15, 0.2) is 48.5 Å². The fraction of sp³-hybridized carbons (Fsp3) is 0.333. The maximum atomic E-state index is 13.0. The Bertz CT molecular complexity index is 920. The molecule has 1 saturated heterocycles. The number of fused-ring (bicyclic) bond motifs is 4. The molecule has 4 rings (SSSR count). The molecule has 1 N–H and O–H groups in total. The summed E-state index contributed by atoms with van der Waals surface area (Å²) in [4.78, 5) is 14.9. The second-order valence-corrected chi connectivity index (χ2v) is 7.25. The predicted octanol–water partition coefficient (Wildman–Crippen LogP) is 3.42. The van der Waals surface area contributed by atoms with Crippen LogP contribution in [-0.4, -0.2) is 30.5 Å². The molecule has 0 amide bonds. The fourth-order valence-electron chi connectivity index (χ4n) is 4.09. The quantitative estimate of drug-likeness (QED) is 0.625. The number of hydrogen-bond donors (Lipinski definition) is 1. The van der Waals surface area contributed by atoms with Crippen molar-refractivity contribution in [1.29, 1.82) is 0 Å². The van der Waals surface area contributed by atoms with Crippen molar-refractivity contribution >= 4 is 29.0 Å². The Balaban J connectivity index is 1.92. The summed E-state index contributed by atoms with van der Waals surface area (Å²) in [6, 6.07) is 14.9. The highest BCUT2D eigenvalue weighted by Gasteiger charge is 2.60. The van der Waals surface area contributed by atoms with E-state index in [1.165, 1.54) is 0 Å². The zero-order valence-electron chi connectivity index (χ0n) is 16.0. The molecule has 2 heterocycles. The largest absolute Gasteiger partial charge is 0.493 e. The monoisotopic (exact) mass is 398 g/mol. The van der Waals surface area contributed by atoms with Gasteiger partial charge in [0.1, 0.15) is 5.92 Å². The van der Waals surface area contributed by atoms with Gasteiger partial charge in [-0.15, -0.1) is 0 Å². The number of thiocarbonyl (C=S) groups is 1. The number of nitrogens with zero attached hydrogens (tertiary/aromatic N) is 1. The van der Waals surface area contributed by atoms with E-state index < -0.39 is 11.6 Å². The third kappa shape index (κ3) is 2.69. The molecule has 6 nitrogen and oxygen atoms in total. The van der Waals surface area contributed by atoms with Crippen molar-refractivity contribution in [2.45, 2.75) is 25.6 Å². The highest BCUT2D eigenvalue weighted by molar-refractivity contribution is 7.80. The number of rotatable bonds is 4. The molecule has 2 bridgehead atoms. The van der Waals surface area contributed by atoms with Gasteiger partial charge < -0.3 is 19.5 Å². The fourth-order valence-corrected chi connectivity index (χ4v) is 4.50. The van der Waals surface area contributed by atoms with Crippen molar-refractivity contribution < 1.29 is 19.0 Å². The van der Waals surface area contributed by atoms with Crippen LogP contribution in [0.2, 0.25) is 0 Å². The number of anilines is 1. The number of carbonyl (C=O) groups is 1. The van der Waals surface area contributed by atoms with Crippen LogP contribution >= 0.6 is 12.2 Å². The van der Waals surface area contributed by atoms with E-state index in [1.807, 2.05) is 60.4 Å². The SMILES string of the molecule is CCOC(=O)[C@@H]1[C@@H]2NC(=S)N(c3ccccc3)[C@@]1(C)Oc1c(OC)cccc12. The van der Waals surface area contributed by atoms with Gasteiger partial charge in [0.2, 0.25) is 5.72 Å². The second-order valence-electron chi connectivity index (χ2n) is 6.86. The lowest BCUT2D eigenvalue weighted by molar-refractivity contribution is -0.159. The van der Waals surface area contributed by atoms with Gasteiger partial charge in [-0.2, -0.15) is 0 Å². The minimum absolute atomic E-state index is 0.291. The number of carbonyl (C=O) groups excluding carboxylic acids is 1. The van der Waals surface area contributed by atoms with Crippen LogP contribution in [0.4, 0.5) is 5.69 Å². The van der Waals surface area contributed by atoms with Crippen LogP contribution in [0, 0.1) is 5.92 Å². The molecule has 146 valence electrons. The Morgan fingerprint density at radius 3 is 2.68 bits per heavy atom. The van der Waals surface area contributed by atoms with E-state index in [2.05, 4.69) is 5.32 Å². The molecule has 0 aromatic heterocycles. The lowest BCUT2D eigenvalue weighted by atomic mass is 9.79. The zero-order chi connectivity index (χ0) is 19.9. The van der Waals surface area contributed by atoms with Crippen molar-refractivity contribution in [3.05, 3.63) is 54.1 Å². The number of methoxy groups -OCH3 is 1. The van der Waals surface area contributed by atoms with Gasteiger partial charge in [-0.1, -0.05) is 30.3 Å². The lowest BCUT2D eigenvalue weighted by Crippen LogP contribution is -2.71. The molecule has 0 aliphatic carbocycles. The molecule has 28 heavy (non-hydrogen) atoms. The van der Waals surface area contributed by atoms with E-state index >= 15 is 0 Å². The number of benzene rings is 2. The van der Waals surface area contributed by atoms with E-state index in [1.54, 1.807) is 14.0 Å². The predicted molar refractivity (Wildman–Crippen MR) is 110 cm³/mol. The first-order chi connectivity index (χ1) is 13.5. The second kappa shape index (κ2) is 6.98. The summed E-state index contributed by atoms with van der Waals surface area (Å²) in [6.07, 6.45) is 0. The molecule has 2 aliphatic heterocycles. The molecular formula is C21H22N2O4S. The maximum absolute atomic E-state index is 13.0. The van der Waals surface area contributed by atoms with Crippen molar-refractivity contribution in [3.8, 4) is 11.5 Å². The van der Waals surface area contributed by atoms with Crippen LogP contribution in [0.25, 0.3) is 0 Å². The Hall–Kier alpha value is -2.80. The molecule has 0 unspecified atom stereocenters. The Labute approximate surface area is 169 Å². The summed E-state index contributed by atoms with van der Waals surface area (Å²) in [5.41, 5.74) is 0.570. The van der Waals surface area contributed by atoms with Crippen molar-refractivity contribution in [2.24, 2.45) is 5.92 Å². The first-order valence-electron chi connectivity index (χ1n) is 9.19. The molecule has 0 spiro atoms. The van der Waals surface area contributed by atoms with Gasteiger partial charge in [0.05, 0.1) is 19.8 Å². The Kier molecular flexibility index (Phi) is 4.63. The Morgan fingerprint density at radius 1 is 1.25 bits per heavy atom. The van der Waals surface area contributed by atoms with E-state index in [4.69, 9.17) is 26.4 Å². The summed E-state index contributed by atoms with van der Waals surface area (Å²) in [5, 5.41) is 3.83. The number of hydrogen-bond acceptors (Lipinski definition) is 5. The maximum Gasteiger partial charge on any atom is 0.317 e. The highest BCUT2D eigenvalue weighted by Crippen LogP contribution is 2.52. The van der Waals surface area contributed by atoms with Gasteiger partial charge in [0, 0.05) is 11.3 Å². The normalized spacial score (nSPS) is 25.2. The van der Waals surface area contributed by atoms with E-state index in [-0.39, 0.29) is 12.0 Å². The average Bonchev–Trinajstić information content (AvgIpc) is 2.68. The smallest absolute Gasteiger partial charge is 0.317 e. The molecule has 3 atom stereocenters. The highest BCUT2D eigenvalue weighted by atomic mass is 32.1. The molecule has 2 aliphatic rings. The first kappa shape index (κ1) is 18.6. The number of nitrogens with one attached hydrogen (secondary N) is 1. The summed E-state index contributed by atoms with van der Waals surface area (Å²) in [5.74, 6) is 0.256. The summed E-state index contributed by atoms with van der Waals surface area (Å²) in [7, 11) is 1.60. The molecule has 0 saturated carbocycles. The number of para-hydroxylation sites is 2. The number of esters is 1. The zero-order valence-corrected chi connectivity index (χ0v) is 16.8. The third-order valence-corrected chi connectivity index (χ3v) is 5.56. The van der Waals surface area contributed by atoms with Crippen LogP contribution in [0.3, 0.4) is 0 Å². The van der Waals surface area contributed by atoms with Gasteiger partial charge in [0.25, 0.3) is 0 Å². The van der Waals surface area contributed by atoms with E-state index in [0.29, 0.717) is 23.2 Å². The van der Waals surface area contributed by atoms with E-state index in [0.717, 1.165) is 11.3 Å². The molecule has 0 radical (unpaired) electrons. The van der Waals surface area contributed by atoms with E-state index in [9.17, 15) is 4.79 Å². The summed E-state index contributed by atoms with van der Waals surface area (Å²) in [6.45, 7) is 3.96. The average molecular weight is 398 g/mol. The Morgan fingerprint density at radius 2 is 2.00 bits per heavy atom. The molecule has 7 heteroatoms. The van der Waals surface area contributed by atoms with Crippen LogP contribution in [-0.2, 0) is 9.53 Å². The molecule has 2 aromatic carbocycles. The molecule has 1 fully saturated rings. The van der Waals surface area contributed by atoms with Crippen molar-refractivity contribution in [2.75, 3.05) is 18.6 Å². The summed E-state index contributed by atoms with van der Waals surface area (Å²) >= 11 is 5.68. The minimum Gasteiger partial charge on any atom is -0.493 e. The molecular weight excluding hydrogens is 376 g/mol. The van der Waals surface area contributed by atoms with Gasteiger partial charge >= 0.3 is 5.97 Å². The van der Waals surface area contributed by atoms with Crippen molar-refractivity contribution in [1.82, 2.24) is 5.32 Å². The van der Waals surface area contributed by atoms with Gasteiger partial charge in [0.15, 0.2) is 16.6 Å². The van der Waals surface area contributed by atoms with Gasteiger partial charge in [-0.3, -0.25) is 9.69 Å². The molecule has 2 aromatic rings. The van der Waals surface area contributed by atoms with Gasteiger partial charge in [-0.05, 0) is 44.3 Å². The van der Waals surface area contributed by atoms with Crippen LogP contribution < -0.4 is 19.7 Å². The first-order valence-corrected chi connectivity index (χ1v) is 9.60. The van der Waals surface area contributed by atoms with Crippen LogP contribution in [0.5, 0.6) is 11.5 Å². The summed E-state index contributed by atoms with van der Waals surface area (Å²) < 4.78 is 17.4. The topological polar surface area (TPSA) is 60.0 Å².